The minimum atomic E-state index is -0.692. The number of ether oxygens (including phenoxy) is 2. The van der Waals surface area contributed by atoms with E-state index in [1.807, 2.05) is 55.5 Å². The summed E-state index contributed by atoms with van der Waals surface area (Å²) in [6.45, 7) is 2.94. The molecule has 2 rings (SSSR count). The number of aliphatic hydroxyl groups excluding tert-OH is 2. The van der Waals surface area contributed by atoms with Crippen LogP contribution in [0.15, 0.2) is 48.5 Å². The van der Waals surface area contributed by atoms with E-state index < -0.39 is 6.10 Å². The molecule has 2 aromatic carbocycles. The number of aliphatic hydroxyl groups is 2. The lowest BCUT2D eigenvalue weighted by molar-refractivity contribution is 0.106. The van der Waals surface area contributed by atoms with Crippen molar-refractivity contribution in [2.24, 2.45) is 0 Å². The van der Waals surface area contributed by atoms with Crippen molar-refractivity contribution < 1.29 is 19.7 Å². The number of rotatable bonds is 10. The third-order valence-corrected chi connectivity index (χ3v) is 4.12. The minimum Gasteiger partial charge on any atom is -0.493 e. The van der Waals surface area contributed by atoms with Gasteiger partial charge in [-0.2, -0.15) is 0 Å². The Balaban J connectivity index is 1.96. The highest BCUT2D eigenvalue weighted by molar-refractivity contribution is 5.43. The number of nitrogens with one attached hydrogen (secondary N) is 1. The van der Waals surface area contributed by atoms with Gasteiger partial charge in [0.15, 0.2) is 11.5 Å². The second-order valence-electron chi connectivity index (χ2n) is 5.89. The molecule has 2 unspecified atom stereocenters. The summed E-state index contributed by atoms with van der Waals surface area (Å²) in [5.74, 6) is 1.21. The zero-order chi connectivity index (χ0) is 18.1. The van der Waals surface area contributed by atoms with Crippen molar-refractivity contribution >= 4 is 0 Å². The minimum absolute atomic E-state index is 0.0861. The van der Waals surface area contributed by atoms with Crippen LogP contribution in [-0.4, -0.2) is 36.6 Å². The molecule has 0 fully saturated rings. The Labute approximate surface area is 149 Å². The van der Waals surface area contributed by atoms with Gasteiger partial charge in [-0.25, -0.2) is 0 Å². The molecule has 0 bridgehead atoms. The summed E-state index contributed by atoms with van der Waals surface area (Å²) in [6.07, 6.45) is 0.175. The first-order valence-electron chi connectivity index (χ1n) is 8.54. The monoisotopic (exact) mass is 345 g/mol. The highest BCUT2D eigenvalue weighted by Crippen LogP contribution is 2.29. The maximum absolute atomic E-state index is 10.2. The Bertz CT molecular complexity index is 629. The molecule has 2 atom stereocenters. The first kappa shape index (κ1) is 19.2. The first-order valence-corrected chi connectivity index (χ1v) is 8.54. The summed E-state index contributed by atoms with van der Waals surface area (Å²) in [4.78, 5) is 0. The summed E-state index contributed by atoms with van der Waals surface area (Å²) < 4.78 is 11.1. The van der Waals surface area contributed by atoms with Crippen LogP contribution in [0.1, 0.15) is 30.6 Å². The Hall–Kier alpha value is -2.08. The number of hydrogen-bond acceptors (Lipinski definition) is 5. The van der Waals surface area contributed by atoms with Crippen LogP contribution in [-0.2, 0) is 6.54 Å². The third kappa shape index (κ3) is 5.74. The fourth-order valence-electron chi connectivity index (χ4n) is 2.48. The predicted octanol–water partition coefficient (Wildman–Crippen LogP) is 2.67. The molecule has 0 saturated carbocycles. The van der Waals surface area contributed by atoms with Crippen LogP contribution in [0.25, 0.3) is 0 Å². The van der Waals surface area contributed by atoms with Crippen LogP contribution in [0.5, 0.6) is 11.5 Å². The van der Waals surface area contributed by atoms with Gasteiger partial charge < -0.3 is 25.0 Å². The molecule has 0 amide bonds. The van der Waals surface area contributed by atoms with E-state index in [0.29, 0.717) is 18.0 Å². The SMILES string of the molecule is CCC(CO)NCc1ccc(OCC(O)c2ccccc2)c(OC)c1. The van der Waals surface area contributed by atoms with Crippen molar-refractivity contribution in [3.05, 3.63) is 59.7 Å². The van der Waals surface area contributed by atoms with Gasteiger partial charge in [0.25, 0.3) is 0 Å². The van der Waals surface area contributed by atoms with Crippen LogP contribution in [0.3, 0.4) is 0 Å². The number of hydrogen-bond donors (Lipinski definition) is 3. The van der Waals surface area contributed by atoms with Gasteiger partial charge in [-0.1, -0.05) is 43.3 Å². The van der Waals surface area contributed by atoms with E-state index in [1.54, 1.807) is 7.11 Å². The predicted molar refractivity (Wildman–Crippen MR) is 97.9 cm³/mol. The van der Waals surface area contributed by atoms with Crippen molar-refractivity contribution in [1.29, 1.82) is 0 Å². The van der Waals surface area contributed by atoms with Crippen LogP contribution >= 0.6 is 0 Å². The van der Waals surface area contributed by atoms with Gasteiger partial charge in [-0.15, -0.1) is 0 Å². The molecule has 5 heteroatoms. The van der Waals surface area contributed by atoms with Crippen LogP contribution in [0.4, 0.5) is 0 Å². The van der Waals surface area contributed by atoms with Crippen molar-refractivity contribution in [2.75, 3.05) is 20.3 Å². The zero-order valence-corrected chi connectivity index (χ0v) is 14.8. The maximum atomic E-state index is 10.2. The van der Waals surface area contributed by atoms with E-state index in [4.69, 9.17) is 9.47 Å². The molecule has 0 spiro atoms. The Morgan fingerprint density at radius 3 is 2.48 bits per heavy atom. The van der Waals surface area contributed by atoms with Gasteiger partial charge in [-0.3, -0.25) is 0 Å². The quantitative estimate of drug-likeness (QED) is 0.618. The average molecular weight is 345 g/mol. The molecule has 0 radical (unpaired) electrons. The molecule has 0 heterocycles. The standard InChI is InChI=1S/C20H27NO4/c1-3-17(13-22)21-12-15-9-10-19(20(11-15)24-2)25-14-18(23)16-7-5-4-6-8-16/h4-11,17-18,21-23H,3,12-14H2,1-2H3. The highest BCUT2D eigenvalue weighted by atomic mass is 16.5. The summed E-state index contributed by atoms with van der Waals surface area (Å²) in [6, 6.07) is 15.2. The van der Waals surface area contributed by atoms with E-state index in [2.05, 4.69) is 5.32 Å². The van der Waals surface area contributed by atoms with E-state index in [1.165, 1.54) is 0 Å². The molecule has 25 heavy (non-hydrogen) atoms. The molecule has 2 aromatic rings. The Kier molecular flexibility index (Phi) is 7.73. The Morgan fingerprint density at radius 1 is 1.08 bits per heavy atom. The molecule has 136 valence electrons. The van der Waals surface area contributed by atoms with Gasteiger partial charge >= 0.3 is 0 Å². The van der Waals surface area contributed by atoms with Gasteiger partial charge in [0.2, 0.25) is 0 Å². The lowest BCUT2D eigenvalue weighted by atomic mass is 10.1. The third-order valence-electron chi connectivity index (χ3n) is 4.12. The second-order valence-corrected chi connectivity index (χ2v) is 5.89. The molecule has 0 aliphatic heterocycles. The van der Waals surface area contributed by atoms with Crippen LogP contribution in [0.2, 0.25) is 0 Å². The average Bonchev–Trinajstić information content (AvgIpc) is 2.67. The van der Waals surface area contributed by atoms with E-state index >= 15 is 0 Å². The van der Waals surface area contributed by atoms with Gasteiger partial charge in [-0.05, 0) is 29.7 Å². The number of methoxy groups -OCH3 is 1. The fraction of sp³-hybridized carbons (Fsp3) is 0.400. The van der Waals surface area contributed by atoms with Gasteiger partial charge in [0, 0.05) is 12.6 Å². The summed E-state index contributed by atoms with van der Waals surface area (Å²) >= 11 is 0. The normalized spacial score (nSPS) is 13.3. The lowest BCUT2D eigenvalue weighted by Crippen LogP contribution is -2.31. The summed E-state index contributed by atoms with van der Waals surface area (Å²) in [7, 11) is 1.59. The Morgan fingerprint density at radius 2 is 1.84 bits per heavy atom. The molecular weight excluding hydrogens is 318 g/mol. The molecule has 0 aliphatic rings. The van der Waals surface area contributed by atoms with Crippen molar-refractivity contribution in [3.63, 3.8) is 0 Å². The molecule has 3 N–H and O–H groups in total. The fourth-order valence-corrected chi connectivity index (χ4v) is 2.48. The second kappa shape index (κ2) is 10.0. The van der Waals surface area contributed by atoms with E-state index in [0.717, 1.165) is 17.5 Å². The molecule has 0 saturated heterocycles. The molecule has 0 aliphatic carbocycles. The summed E-state index contributed by atoms with van der Waals surface area (Å²) in [5.41, 5.74) is 1.86. The molecule has 5 nitrogen and oxygen atoms in total. The molecule has 0 aromatic heterocycles. The van der Waals surface area contributed by atoms with Crippen LogP contribution < -0.4 is 14.8 Å². The number of benzene rings is 2. The largest absolute Gasteiger partial charge is 0.493 e. The van der Waals surface area contributed by atoms with Crippen molar-refractivity contribution in [3.8, 4) is 11.5 Å². The van der Waals surface area contributed by atoms with Crippen molar-refractivity contribution in [1.82, 2.24) is 5.32 Å². The summed E-state index contributed by atoms with van der Waals surface area (Å²) in [5, 5.41) is 22.7. The maximum Gasteiger partial charge on any atom is 0.161 e. The smallest absolute Gasteiger partial charge is 0.161 e. The lowest BCUT2D eigenvalue weighted by Gasteiger charge is -2.17. The van der Waals surface area contributed by atoms with E-state index in [9.17, 15) is 10.2 Å². The van der Waals surface area contributed by atoms with Gasteiger partial charge in [0.1, 0.15) is 12.7 Å². The van der Waals surface area contributed by atoms with Gasteiger partial charge in [0.05, 0.1) is 13.7 Å². The topological polar surface area (TPSA) is 71.0 Å². The van der Waals surface area contributed by atoms with Crippen LogP contribution in [0, 0.1) is 0 Å². The van der Waals surface area contributed by atoms with Crippen molar-refractivity contribution in [2.45, 2.75) is 32.0 Å². The van der Waals surface area contributed by atoms with E-state index in [-0.39, 0.29) is 19.3 Å². The molecular formula is C20H27NO4. The highest BCUT2D eigenvalue weighted by Gasteiger charge is 2.12. The first-order chi connectivity index (χ1) is 12.2. The zero-order valence-electron chi connectivity index (χ0n) is 14.8.